The van der Waals surface area contributed by atoms with Crippen LogP contribution in [0.15, 0.2) is 24.3 Å². The van der Waals surface area contributed by atoms with Crippen molar-refractivity contribution in [1.29, 1.82) is 0 Å². The van der Waals surface area contributed by atoms with Crippen LogP contribution in [0.1, 0.15) is 43.6 Å². The quantitative estimate of drug-likeness (QED) is 0.924. The Morgan fingerprint density at radius 3 is 2.39 bits per heavy atom. The lowest BCUT2D eigenvalue weighted by molar-refractivity contribution is -0.0346. The van der Waals surface area contributed by atoms with E-state index in [1.807, 2.05) is 12.1 Å². The van der Waals surface area contributed by atoms with E-state index in [9.17, 15) is 9.50 Å². The molecule has 3 rings (SSSR count). The van der Waals surface area contributed by atoms with Gasteiger partial charge < -0.3 is 14.9 Å². The summed E-state index contributed by atoms with van der Waals surface area (Å²) in [5.74, 6) is -0.307. The van der Waals surface area contributed by atoms with E-state index in [0.29, 0.717) is 5.56 Å². The molecule has 1 unspecified atom stereocenters. The molecule has 1 atom stereocenters. The molecule has 1 aromatic carbocycles. The summed E-state index contributed by atoms with van der Waals surface area (Å²) in [6, 6.07) is 7.01. The van der Waals surface area contributed by atoms with Gasteiger partial charge in [-0.15, -0.1) is 0 Å². The van der Waals surface area contributed by atoms with Gasteiger partial charge in [0.1, 0.15) is 5.82 Å². The van der Waals surface area contributed by atoms with Crippen molar-refractivity contribution in [2.45, 2.75) is 43.6 Å². The number of likely N-dealkylation sites (N-methyl/N-ethyl adjacent to an activating group) is 1. The van der Waals surface area contributed by atoms with Gasteiger partial charge in [0, 0.05) is 38.6 Å². The smallest absolute Gasteiger partial charge is 0.126 e. The van der Waals surface area contributed by atoms with Crippen LogP contribution in [-0.2, 0) is 0 Å². The molecule has 3 nitrogen and oxygen atoms in total. The molecule has 2 aliphatic rings. The zero-order valence-electron chi connectivity index (χ0n) is 14.2. The molecule has 1 heterocycles. The summed E-state index contributed by atoms with van der Waals surface area (Å²) in [7, 11) is 2.14. The molecular weight excluding hydrogens is 291 g/mol. The summed E-state index contributed by atoms with van der Waals surface area (Å²) in [5, 5.41) is 11.3. The minimum atomic E-state index is -0.760. The van der Waals surface area contributed by atoms with E-state index in [4.69, 9.17) is 0 Å². The van der Waals surface area contributed by atoms with Crippen LogP contribution in [0.2, 0.25) is 0 Å². The van der Waals surface area contributed by atoms with Gasteiger partial charge in [0.2, 0.25) is 0 Å². The molecule has 1 saturated heterocycles. The molecule has 0 aromatic heterocycles. The summed E-state index contributed by atoms with van der Waals surface area (Å²) < 4.78 is 14.4. The standard InChI is InChI=1S/C19H29FN2O/c1-21-11-13-22(14-12-21)15-17(16-7-3-4-8-18(16)20)19(23)9-5-2-6-10-19/h3-4,7-8,17,23H,2,5-6,9-15H2,1H3. The number of rotatable bonds is 4. The number of hydrogen-bond acceptors (Lipinski definition) is 3. The fraction of sp³-hybridized carbons (Fsp3) is 0.684. The first-order valence-electron chi connectivity index (χ1n) is 8.96. The van der Waals surface area contributed by atoms with Crippen LogP contribution < -0.4 is 0 Å². The Labute approximate surface area is 139 Å². The summed E-state index contributed by atoms with van der Waals surface area (Å²) in [5.41, 5.74) is -0.0695. The fourth-order valence-corrected chi connectivity index (χ4v) is 4.12. The number of halogens is 1. The molecule has 23 heavy (non-hydrogen) atoms. The zero-order valence-corrected chi connectivity index (χ0v) is 14.2. The maximum absolute atomic E-state index is 14.4. The Balaban J connectivity index is 1.83. The van der Waals surface area contributed by atoms with Crippen molar-refractivity contribution in [1.82, 2.24) is 9.80 Å². The Morgan fingerprint density at radius 2 is 1.74 bits per heavy atom. The molecular formula is C19H29FN2O. The number of nitrogens with zero attached hydrogens (tertiary/aromatic N) is 2. The molecule has 128 valence electrons. The van der Waals surface area contributed by atoms with Gasteiger partial charge in [0.05, 0.1) is 5.60 Å². The van der Waals surface area contributed by atoms with Gasteiger partial charge >= 0.3 is 0 Å². The zero-order chi connectivity index (χ0) is 16.3. The molecule has 1 aliphatic carbocycles. The van der Waals surface area contributed by atoms with Gasteiger partial charge in [-0.3, -0.25) is 0 Å². The van der Waals surface area contributed by atoms with Crippen molar-refractivity contribution in [2.24, 2.45) is 0 Å². The number of aliphatic hydroxyl groups is 1. The van der Waals surface area contributed by atoms with Crippen molar-refractivity contribution in [3.63, 3.8) is 0 Å². The van der Waals surface area contributed by atoms with E-state index in [-0.39, 0.29) is 11.7 Å². The van der Waals surface area contributed by atoms with E-state index in [1.165, 1.54) is 12.5 Å². The largest absolute Gasteiger partial charge is 0.389 e. The van der Waals surface area contributed by atoms with Crippen molar-refractivity contribution in [2.75, 3.05) is 39.8 Å². The van der Waals surface area contributed by atoms with E-state index < -0.39 is 5.60 Å². The highest BCUT2D eigenvalue weighted by molar-refractivity contribution is 5.26. The highest BCUT2D eigenvalue weighted by Gasteiger charge is 2.40. The van der Waals surface area contributed by atoms with Crippen LogP contribution in [0, 0.1) is 5.82 Å². The average molecular weight is 320 g/mol. The van der Waals surface area contributed by atoms with Crippen LogP contribution in [0.25, 0.3) is 0 Å². The van der Waals surface area contributed by atoms with Crippen LogP contribution in [0.4, 0.5) is 4.39 Å². The van der Waals surface area contributed by atoms with E-state index >= 15 is 0 Å². The van der Waals surface area contributed by atoms with Crippen molar-refractivity contribution in [3.8, 4) is 0 Å². The van der Waals surface area contributed by atoms with Crippen LogP contribution in [0.3, 0.4) is 0 Å². The van der Waals surface area contributed by atoms with E-state index in [2.05, 4.69) is 16.8 Å². The maximum Gasteiger partial charge on any atom is 0.126 e. The van der Waals surface area contributed by atoms with Crippen LogP contribution >= 0.6 is 0 Å². The lowest BCUT2D eigenvalue weighted by atomic mass is 9.72. The molecule has 1 aliphatic heterocycles. The van der Waals surface area contributed by atoms with Gasteiger partial charge in [-0.25, -0.2) is 4.39 Å². The van der Waals surface area contributed by atoms with Crippen LogP contribution in [-0.4, -0.2) is 60.3 Å². The van der Waals surface area contributed by atoms with Crippen molar-refractivity contribution in [3.05, 3.63) is 35.6 Å². The highest BCUT2D eigenvalue weighted by atomic mass is 19.1. The minimum Gasteiger partial charge on any atom is -0.389 e. The topological polar surface area (TPSA) is 26.7 Å². The summed E-state index contributed by atoms with van der Waals surface area (Å²) in [6.45, 7) is 4.84. The predicted octanol–water partition coefficient (Wildman–Crippen LogP) is 2.85. The number of hydrogen-bond donors (Lipinski definition) is 1. The molecule has 0 bridgehead atoms. The second-order valence-electron chi connectivity index (χ2n) is 7.34. The minimum absolute atomic E-state index is 0.132. The third-order valence-corrected chi connectivity index (χ3v) is 5.69. The maximum atomic E-state index is 14.4. The molecule has 0 spiro atoms. The lowest BCUT2D eigenvalue weighted by Crippen LogP contribution is -2.50. The first-order valence-corrected chi connectivity index (χ1v) is 8.96. The second kappa shape index (κ2) is 7.29. The van der Waals surface area contributed by atoms with E-state index in [0.717, 1.165) is 58.4 Å². The van der Waals surface area contributed by atoms with Crippen molar-refractivity contribution >= 4 is 0 Å². The van der Waals surface area contributed by atoms with Gasteiger partial charge in [0.15, 0.2) is 0 Å². The predicted molar refractivity (Wildman–Crippen MR) is 91.1 cm³/mol. The second-order valence-corrected chi connectivity index (χ2v) is 7.34. The summed E-state index contributed by atoms with van der Waals surface area (Å²) in [4.78, 5) is 4.72. The molecule has 0 radical (unpaired) electrons. The molecule has 2 fully saturated rings. The van der Waals surface area contributed by atoms with E-state index in [1.54, 1.807) is 6.07 Å². The Kier molecular flexibility index (Phi) is 5.34. The normalized spacial score (nSPS) is 24.5. The third-order valence-electron chi connectivity index (χ3n) is 5.69. The number of benzene rings is 1. The monoisotopic (exact) mass is 320 g/mol. The van der Waals surface area contributed by atoms with Crippen molar-refractivity contribution < 1.29 is 9.50 Å². The summed E-state index contributed by atoms with van der Waals surface area (Å²) >= 11 is 0. The Hall–Kier alpha value is -0.970. The first kappa shape index (κ1) is 16.9. The molecule has 4 heteroatoms. The van der Waals surface area contributed by atoms with Gasteiger partial charge in [-0.05, 0) is 31.5 Å². The number of piperazine rings is 1. The highest BCUT2D eigenvalue weighted by Crippen LogP contribution is 2.41. The average Bonchev–Trinajstić information content (AvgIpc) is 2.56. The van der Waals surface area contributed by atoms with Gasteiger partial charge in [0.25, 0.3) is 0 Å². The van der Waals surface area contributed by atoms with Gasteiger partial charge in [-0.1, -0.05) is 37.5 Å². The molecule has 1 aromatic rings. The Morgan fingerprint density at radius 1 is 1.09 bits per heavy atom. The lowest BCUT2D eigenvalue weighted by Gasteiger charge is -2.43. The Bertz CT molecular complexity index is 508. The SMILES string of the molecule is CN1CCN(CC(c2ccccc2F)C2(O)CCCCC2)CC1. The third kappa shape index (κ3) is 3.93. The first-order chi connectivity index (χ1) is 11.1. The molecule has 0 amide bonds. The molecule has 1 N–H and O–H groups in total. The van der Waals surface area contributed by atoms with Crippen LogP contribution in [0.5, 0.6) is 0 Å². The molecule has 1 saturated carbocycles. The summed E-state index contributed by atoms with van der Waals surface area (Å²) in [6.07, 6.45) is 4.86. The fourth-order valence-electron chi connectivity index (χ4n) is 4.12. The van der Waals surface area contributed by atoms with Gasteiger partial charge in [-0.2, -0.15) is 0 Å².